The van der Waals surface area contributed by atoms with Crippen LogP contribution in [0.2, 0.25) is 0 Å². The van der Waals surface area contributed by atoms with Crippen molar-refractivity contribution in [1.29, 1.82) is 0 Å². The summed E-state index contributed by atoms with van der Waals surface area (Å²) < 4.78 is 13.3. The fraction of sp³-hybridized carbons (Fsp3) is 0.500. The normalized spacial score (nSPS) is 20.5. The van der Waals surface area contributed by atoms with Crippen LogP contribution in [0.5, 0.6) is 0 Å². The molecule has 132 valence electrons. The van der Waals surface area contributed by atoms with Crippen molar-refractivity contribution in [1.82, 2.24) is 15.5 Å². The molecule has 1 aromatic rings. The van der Waals surface area contributed by atoms with E-state index in [0.717, 1.165) is 11.1 Å². The molecular formula is C16H23FN4O3. The van der Waals surface area contributed by atoms with Crippen molar-refractivity contribution in [2.24, 2.45) is 5.73 Å². The van der Waals surface area contributed by atoms with Gasteiger partial charge >= 0.3 is 12.1 Å². The Balaban J connectivity index is 2.14. The summed E-state index contributed by atoms with van der Waals surface area (Å²) in [5, 5.41) is 14.1. The minimum absolute atomic E-state index is 0.134. The lowest BCUT2D eigenvalue weighted by molar-refractivity contribution is 0.144. The average molecular weight is 338 g/mol. The Morgan fingerprint density at radius 2 is 2.21 bits per heavy atom. The van der Waals surface area contributed by atoms with E-state index in [1.165, 1.54) is 12.1 Å². The zero-order valence-electron chi connectivity index (χ0n) is 13.6. The molecule has 0 bridgehead atoms. The highest BCUT2D eigenvalue weighted by molar-refractivity contribution is 5.75. The predicted molar refractivity (Wildman–Crippen MR) is 86.8 cm³/mol. The molecule has 2 rings (SSSR count). The molecule has 1 aliphatic heterocycles. The quantitative estimate of drug-likeness (QED) is 0.658. The van der Waals surface area contributed by atoms with Crippen LogP contribution in [0, 0.1) is 12.7 Å². The lowest BCUT2D eigenvalue weighted by atomic mass is 9.89. The van der Waals surface area contributed by atoms with Gasteiger partial charge < -0.3 is 26.4 Å². The highest BCUT2D eigenvalue weighted by atomic mass is 19.1. The SMILES string of the molecule is Cc1cc(F)ccc1C1CC(NC(=O)NCCO)CCN1C(N)=O. The molecule has 24 heavy (non-hydrogen) atoms. The van der Waals surface area contributed by atoms with E-state index in [0.29, 0.717) is 19.4 Å². The molecule has 2 unspecified atom stereocenters. The maximum absolute atomic E-state index is 13.3. The number of likely N-dealkylation sites (tertiary alicyclic amines) is 1. The van der Waals surface area contributed by atoms with E-state index in [-0.39, 0.29) is 37.1 Å². The van der Waals surface area contributed by atoms with E-state index < -0.39 is 6.03 Å². The number of primary amides is 1. The number of piperidine rings is 1. The number of carbonyl (C=O) groups is 2. The highest BCUT2D eigenvalue weighted by Crippen LogP contribution is 2.33. The summed E-state index contributed by atoms with van der Waals surface area (Å²) in [4.78, 5) is 25.0. The number of aryl methyl sites for hydroxylation is 1. The zero-order valence-corrected chi connectivity index (χ0v) is 13.6. The largest absolute Gasteiger partial charge is 0.395 e. The van der Waals surface area contributed by atoms with E-state index in [1.807, 2.05) is 0 Å². The molecule has 1 aromatic carbocycles. The summed E-state index contributed by atoms with van der Waals surface area (Å²) in [7, 11) is 0. The molecule has 8 heteroatoms. The Hall–Kier alpha value is -2.35. The standard InChI is InChI=1S/C16H23FN4O3/c1-10-8-11(17)2-3-13(10)14-9-12(4-6-21(14)15(18)23)20-16(24)19-5-7-22/h2-3,8,12,14,22H,4-7,9H2,1H3,(H2,18,23)(H2,19,20,24). The van der Waals surface area contributed by atoms with Crippen molar-refractivity contribution in [3.63, 3.8) is 0 Å². The first-order chi connectivity index (χ1) is 11.4. The molecule has 1 aliphatic rings. The molecule has 1 saturated heterocycles. The highest BCUT2D eigenvalue weighted by Gasteiger charge is 2.33. The molecule has 5 N–H and O–H groups in total. The van der Waals surface area contributed by atoms with E-state index in [1.54, 1.807) is 17.9 Å². The van der Waals surface area contributed by atoms with Gasteiger partial charge in [-0.15, -0.1) is 0 Å². The second-order valence-corrected chi connectivity index (χ2v) is 5.89. The van der Waals surface area contributed by atoms with Crippen molar-refractivity contribution < 1.29 is 19.1 Å². The van der Waals surface area contributed by atoms with E-state index in [9.17, 15) is 14.0 Å². The summed E-state index contributed by atoms with van der Waals surface area (Å²) >= 11 is 0. The lowest BCUT2D eigenvalue weighted by Crippen LogP contribution is -2.51. The van der Waals surface area contributed by atoms with Crippen molar-refractivity contribution in [2.45, 2.75) is 31.8 Å². The van der Waals surface area contributed by atoms with Crippen LogP contribution >= 0.6 is 0 Å². The van der Waals surface area contributed by atoms with Crippen LogP contribution in [0.15, 0.2) is 18.2 Å². The number of nitrogens with zero attached hydrogens (tertiary/aromatic N) is 1. The maximum atomic E-state index is 13.3. The topological polar surface area (TPSA) is 108 Å². The van der Waals surface area contributed by atoms with Gasteiger partial charge in [0.05, 0.1) is 12.6 Å². The summed E-state index contributed by atoms with van der Waals surface area (Å²) in [6, 6.07) is 3.06. The fourth-order valence-electron chi connectivity index (χ4n) is 3.07. The fourth-order valence-corrected chi connectivity index (χ4v) is 3.07. The molecule has 0 saturated carbocycles. The van der Waals surface area contributed by atoms with Gasteiger partial charge in [0.2, 0.25) is 0 Å². The Bertz CT molecular complexity index is 611. The number of benzene rings is 1. The number of urea groups is 2. The number of hydrogen-bond donors (Lipinski definition) is 4. The number of nitrogens with one attached hydrogen (secondary N) is 2. The van der Waals surface area contributed by atoms with E-state index in [4.69, 9.17) is 10.8 Å². The zero-order chi connectivity index (χ0) is 17.7. The summed E-state index contributed by atoms with van der Waals surface area (Å²) in [5.74, 6) is -0.337. The Labute approximate surface area is 140 Å². The second kappa shape index (κ2) is 7.96. The molecule has 1 fully saturated rings. The number of hydrogen-bond acceptors (Lipinski definition) is 3. The third kappa shape index (κ3) is 4.35. The average Bonchev–Trinajstić information content (AvgIpc) is 2.52. The van der Waals surface area contributed by atoms with Gasteiger partial charge in [0.1, 0.15) is 5.82 Å². The molecular weight excluding hydrogens is 315 g/mol. The van der Waals surface area contributed by atoms with Crippen LogP contribution in [-0.4, -0.2) is 47.8 Å². The van der Waals surface area contributed by atoms with Crippen LogP contribution in [0.4, 0.5) is 14.0 Å². The second-order valence-electron chi connectivity index (χ2n) is 5.89. The third-order valence-electron chi connectivity index (χ3n) is 4.21. The third-order valence-corrected chi connectivity index (χ3v) is 4.21. The van der Waals surface area contributed by atoms with Gasteiger partial charge in [0.25, 0.3) is 0 Å². The van der Waals surface area contributed by atoms with Crippen LogP contribution in [-0.2, 0) is 0 Å². The smallest absolute Gasteiger partial charge is 0.315 e. The Kier molecular flexibility index (Phi) is 5.97. The first-order valence-electron chi connectivity index (χ1n) is 7.89. The van der Waals surface area contributed by atoms with Gasteiger partial charge in [-0.1, -0.05) is 6.07 Å². The molecule has 0 aromatic heterocycles. The van der Waals surface area contributed by atoms with Gasteiger partial charge in [-0.25, -0.2) is 14.0 Å². The molecule has 2 atom stereocenters. The number of amides is 4. The molecule has 0 aliphatic carbocycles. The first-order valence-corrected chi connectivity index (χ1v) is 7.89. The molecule has 0 spiro atoms. The van der Waals surface area contributed by atoms with Crippen LogP contribution in [0.3, 0.4) is 0 Å². The number of nitrogens with two attached hydrogens (primary N) is 1. The Morgan fingerprint density at radius 3 is 2.83 bits per heavy atom. The lowest BCUT2D eigenvalue weighted by Gasteiger charge is -2.39. The number of aliphatic hydroxyl groups is 1. The molecule has 1 heterocycles. The van der Waals surface area contributed by atoms with E-state index in [2.05, 4.69) is 10.6 Å². The van der Waals surface area contributed by atoms with Crippen molar-refractivity contribution in [2.75, 3.05) is 19.7 Å². The summed E-state index contributed by atoms with van der Waals surface area (Å²) in [6.07, 6.45) is 1.06. The van der Waals surface area contributed by atoms with Crippen LogP contribution < -0.4 is 16.4 Å². The van der Waals surface area contributed by atoms with Gasteiger partial charge in [-0.2, -0.15) is 0 Å². The minimum Gasteiger partial charge on any atom is -0.395 e. The van der Waals surface area contributed by atoms with Crippen LogP contribution in [0.1, 0.15) is 30.0 Å². The molecule has 7 nitrogen and oxygen atoms in total. The minimum atomic E-state index is -0.535. The summed E-state index contributed by atoms with van der Waals surface area (Å²) in [6.45, 7) is 2.22. The number of halogens is 1. The summed E-state index contributed by atoms with van der Waals surface area (Å²) in [5.41, 5.74) is 7.02. The number of carbonyl (C=O) groups excluding carboxylic acids is 2. The van der Waals surface area contributed by atoms with Gasteiger partial charge in [0.15, 0.2) is 0 Å². The number of aliphatic hydroxyl groups excluding tert-OH is 1. The maximum Gasteiger partial charge on any atom is 0.315 e. The Morgan fingerprint density at radius 1 is 1.46 bits per heavy atom. The first kappa shape index (κ1) is 18.0. The van der Waals surface area contributed by atoms with Crippen molar-refractivity contribution in [3.8, 4) is 0 Å². The molecule has 4 amide bonds. The van der Waals surface area contributed by atoms with Crippen LogP contribution in [0.25, 0.3) is 0 Å². The van der Waals surface area contributed by atoms with Gasteiger partial charge in [-0.3, -0.25) is 0 Å². The van der Waals surface area contributed by atoms with E-state index >= 15 is 0 Å². The van der Waals surface area contributed by atoms with Gasteiger partial charge in [0, 0.05) is 19.1 Å². The van der Waals surface area contributed by atoms with Crippen molar-refractivity contribution in [3.05, 3.63) is 35.1 Å². The molecule has 0 radical (unpaired) electrons. The monoisotopic (exact) mass is 338 g/mol. The van der Waals surface area contributed by atoms with Gasteiger partial charge in [-0.05, 0) is 43.0 Å². The van der Waals surface area contributed by atoms with Crippen molar-refractivity contribution >= 4 is 12.1 Å². The predicted octanol–water partition coefficient (Wildman–Crippen LogP) is 1.01. The number of rotatable bonds is 4.